The molecule has 2 aliphatic heterocycles. The van der Waals surface area contributed by atoms with Crippen molar-refractivity contribution >= 4 is 11.6 Å². The molecule has 1 N–H and O–H groups in total. The number of aliphatic hydroxyl groups excluding tert-OH is 1. The fourth-order valence-corrected chi connectivity index (χ4v) is 4.43. The van der Waals surface area contributed by atoms with E-state index in [1.54, 1.807) is 11.0 Å². The van der Waals surface area contributed by atoms with Gasteiger partial charge in [0.1, 0.15) is 0 Å². The second-order valence-corrected chi connectivity index (χ2v) is 7.78. The summed E-state index contributed by atoms with van der Waals surface area (Å²) in [5.41, 5.74) is -1.57. The molecular formula is C20H24F3N3O3. The molecule has 0 bridgehead atoms. The van der Waals surface area contributed by atoms with Gasteiger partial charge in [-0.2, -0.15) is 18.4 Å². The van der Waals surface area contributed by atoms with Crippen molar-refractivity contribution in [3.05, 3.63) is 29.3 Å². The number of carbonyl (C=O) groups is 1. The van der Waals surface area contributed by atoms with E-state index in [1.165, 1.54) is 19.2 Å². The molecule has 0 aromatic heterocycles. The minimum atomic E-state index is -4.62. The molecule has 2 aliphatic rings. The van der Waals surface area contributed by atoms with Crippen molar-refractivity contribution in [2.75, 3.05) is 51.4 Å². The molecule has 158 valence electrons. The van der Waals surface area contributed by atoms with Crippen molar-refractivity contribution < 1.29 is 27.8 Å². The topological polar surface area (TPSA) is 76.8 Å². The van der Waals surface area contributed by atoms with E-state index in [-0.39, 0.29) is 24.9 Å². The number of nitriles is 1. The third kappa shape index (κ3) is 4.19. The van der Waals surface area contributed by atoms with Crippen LogP contribution in [0.4, 0.5) is 18.9 Å². The van der Waals surface area contributed by atoms with Gasteiger partial charge in [-0.3, -0.25) is 4.79 Å². The largest absolute Gasteiger partial charge is 0.417 e. The molecule has 2 atom stereocenters. The van der Waals surface area contributed by atoms with Gasteiger partial charge in [-0.05, 0) is 30.5 Å². The highest BCUT2D eigenvalue weighted by Gasteiger charge is 2.50. The van der Waals surface area contributed by atoms with E-state index in [4.69, 9.17) is 10.00 Å². The summed E-state index contributed by atoms with van der Waals surface area (Å²) < 4.78 is 44.9. The Morgan fingerprint density at radius 2 is 2.17 bits per heavy atom. The van der Waals surface area contributed by atoms with Crippen LogP contribution >= 0.6 is 0 Å². The quantitative estimate of drug-likeness (QED) is 0.804. The van der Waals surface area contributed by atoms with Crippen LogP contribution in [0.15, 0.2) is 18.2 Å². The van der Waals surface area contributed by atoms with E-state index >= 15 is 0 Å². The van der Waals surface area contributed by atoms with E-state index in [9.17, 15) is 23.1 Å². The zero-order valence-electron chi connectivity index (χ0n) is 16.2. The minimum absolute atomic E-state index is 0.0469. The van der Waals surface area contributed by atoms with Crippen LogP contribution in [0, 0.1) is 22.7 Å². The van der Waals surface area contributed by atoms with Crippen molar-refractivity contribution in [3.63, 3.8) is 0 Å². The van der Waals surface area contributed by atoms with E-state index < -0.39 is 22.7 Å². The summed E-state index contributed by atoms with van der Waals surface area (Å²) in [5.74, 6) is 0.0262. The average molecular weight is 411 g/mol. The van der Waals surface area contributed by atoms with Crippen molar-refractivity contribution in [2.45, 2.75) is 19.0 Å². The van der Waals surface area contributed by atoms with Crippen LogP contribution in [-0.4, -0.2) is 62.4 Å². The molecule has 2 fully saturated rings. The minimum Gasteiger partial charge on any atom is -0.396 e. The Morgan fingerprint density at radius 3 is 2.79 bits per heavy atom. The van der Waals surface area contributed by atoms with Crippen molar-refractivity contribution in [2.24, 2.45) is 11.3 Å². The first kappa shape index (κ1) is 21.4. The molecule has 1 aromatic rings. The van der Waals surface area contributed by atoms with Crippen LogP contribution in [0.5, 0.6) is 0 Å². The smallest absolute Gasteiger partial charge is 0.396 e. The molecule has 0 unspecified atom stereocenters. The summed E-state index contributed by atoms with van der Waals surface area (Å²) in [7, 11) is 1.52. The van der Waals surface area contributed by atoms with E-state index in [0.29, 0.717) is 44.9 Å². The standard InChI is InChI=1S/C20H24F3N3O3/c1-29-7-5-18(28)25-6-4-15-10-26(12-19(15,11-25)13-27)16-3-2-14(9-24)17(8-16)20(21,22)23/h2-3,8,15,27H,4-7,10-13H2,1H3/t15-,19+/m0/s1. The summed E-state index contributed by atoms with van der Waals surface area (Å²) in [6.45, 7) is 1.96. The van der Waals surface area contributed by atoms with Gasteiger partial charge in [0.2, 0.25) is 5.91 Å². The van der Waals surface area contributed by atoms with Gasteiger partial charge in [0.15, 0.2) is 0 Å². The molecule has 0 radical (unpaired) electrons. The van der Waals surface area contributed by atoms with Gasteiger partial charge in [-0.1, -0.05) is 0 Å². The Balaban J connectivity index is 1.82. The van der Waals surface area contributed by atoms with Crippen LogP contribution in [-0.2, 0) is 15.7 Å². The van der Waals surface area contributed by atoms with Crippen LogP contribution in [0.3, 0.4) is 0 Å². The number of hydrogen-bond acceptors (Lipinski definition) is 5. The molecule has 1 amide bonds. The number of halogens is 3. The number of anilines is 1. The number of nitrogens with zero attached hydrogens (tertiary/aromatic N) is 3. The first-order valence-electron chi connectivity index (χ1n) is 9.48. The van der Waals surface area contributed by atoms with E-state index in [2.05, 4.69) is 0 Å². The number of fused-ring (bicyclic) bond motifs is 1. The number of piperidine rings is 1. The third-order valence-corrected chi connectivity index (χ3v) is 6.05. The lowest BCUT2D eigenvalue weighted by molar-refractivity contribution is -0.138. The first-order valence-corrected chi connectivity index (χ1v) is 9.48. The van der Waals surface area contributed by atoms with Gasteiger partial charge in [0.25, 0.3) is 0 Å². The van der Waals surface area contributed by atoms with Gasteiger partial charge in [-0.25, -0.2) is 0 Å². The zero-order chi connectivity index (χ0) is 21.2. The predicted molar refractivity (Wildman–Crippen MR) is 99.1 cm³/mol. The van der Waals surface area contributed by atoms with Crippen LogP contribution < -0.4 is 4.90 Å². The highest BCUT2D eigenvalue weighted by atomic mass is 19.4. The average Bonchev–Trinajstić information content (AvgIpc) is 3.10. The molecule has 0 spiro atoms. The summed E-state index contributed by atoms with van der Waals surface area (Å²) >= 11 is 0. The third-order valence-electron chi connectivity index (χ3n) is 6.05. The number of alkyl halides is 3. The Hall–Kier alpha value is -2.31. The fraction of sp³-hybridized carbons (Fsp3) is 0.600. The van der Waals surface area contributed by atoms with Gasteiger partial charge in [-0.15, -0.1) is 0 Å². The number of methoxy groups -OCH3 is 1. The maximum absolute atomic E-state index is 13.3. The van der Waals surface area contributed by atoms with E-state index in [1.807, 2.05) is 4.90 Å². The van der Waals surface area contributed by atoms with Gasteiger partial charge in [0.05, 0.1) is 36.8 Å². The molecule has 2 heterocycles. The predicted octanol–water partition coefficient (Wildman–Crippen LogP) is 2.26. The molecule has 0 saturated carbocycles. The molecular weight excluding hydrogens is 387 g/mol. The molecule has 6 nitrogen and oxygen atoms in total. The number of amides is 1. The van der Waals surface area contributed by atoms with Crippen molar-refractivity contribution in [3.8, 4) is 6.07 Å². The highest BCUT2D eigenvalue weighted by molar-refractivity contribution is 5.76. The number of likely N-dealkylation sites (tertiary alicyclic amines) is 1. The number of ether oxygens (including phenoxy) is 1. The van der Waals surface area contributed by atoms with Crippen LogP contribution in [0.1, 0.15) is 24.0 Å². The summed E-state index contributed by atoms with van der Waals surface area (Å²) in [5, 5.41) is 19.1. The normalized spacial score (nSPS) is 24.3. The maximum atomic E-state index is 13.3. The monoisotopic (exact) mass is 411 g/mol. The number of hydrogen-bond donors (Lipinski definition) is 1. The second-order valence-electron chi connectivity index (χ2n) is 7.78. The lowest BCUT2D eigenvalue weighted by atomic mass is 9.74. The molecule has 1 aromatic carbocycles. The highest BCUT2D eigenvalue weighted by Crippen LogP contribution is 2.44. The first-order chi connectivity index (χ1) is 13.7. The Bertz CT molecular complexity index is 808. The van der Waals surface area contributed by atoms with Crippen LogP contribution in [0.25, 0.3) is 0 Å². The SMILES string of the molecule is COCCC(=O)N1CC[C@H]2CN(c3ccc(C#N)c(C(F)(F)F)c3)C[C@@]2(CO)C1. The number of aliphatic hydroxyl groups is 1. The number of carbonyl (C=O) groups excluding carboxylic acids is 1. The van der Waals surface area contributed by atoms with Gasteiger partial charge >= 0.3 is 6.18 Å². The molecule has 9 heteroatoms. The lowest BCUT2D eigenvalue weighted by Crippen LogP contribution is -2.52. The Labute approximate surface area is 167 Å². The van der Waals surface area contributed by atoms with Crippen molar-refractivity contribution in [1.29, 1.82) is 5.26 Å². The lowest BCUT2D eigenvalue weighted by Gasteiger charge is -2.43. The van der Waals surface area contributed by atoms with E-state index in [0.717, 1.165) is 6.07 Å². The molecule has 0 aliphatic carbocycles. The molecule has 2 saturated heterocycles. The Kier molecular flexibility index (Phi) is 6.05. The van der Waals surface area contributed by atoms with Crippen molar-refractivity contribution in [1.82, 2.24) is 4.90 Å². The zero-order valence-corrected chi connectivity index (χ0v) is 16.2. The summed E-state index contributed by atoms with van der Waals surface area (Å²) in [6, 6.07) is 5.29. The Morgan fingerprint density at radius 1 is 1.41 bits per heavy atom. The maximum Gasteiger partial charge on any atom is 0.417 e. The fourth-order valence-electron chi connectivity index (χ4n) is 4.43. The van der Waals surface area contributed by atoms with Gasteiger partial charge < -0.3 is 19.6 Å². The molecule has 29 heavy (non-hydrogen) atoms. The summed E-state index contributed by atoms with van der Waals surface area (Å²) in [6.07, 6.45) is -3.68. The summed E-state index contributed by atoms with van der Waals surface area (Å²) in [4.78, 5) is 15.9. The van der Waals surface area contributed by atoms with Gasteiger partial charge in [0, 0.05) is 44.4 Å². The number of rotatable bonds is 5. The number of benzene rings is 1. The van der Waals surface area contributed by atoms with Crippen LogP contribution in [0.2, 0.25) is 0 Å². The molecule has 3 rings (SSSR count). The second kappa shape index (κ2) is 8.20.